The van der Waals surface area contributed by atoms with Gasteiger partial charge >= 0.3 is 0 Å². The standard InChI is InChI=1S/C16H31N5OS.HI/c1-6-17-16(18-7-8-21(4)9-10-22-5)19-11-15-20-14(12-23-15)13(2)3;/h12-13H,6-11H2,1-5H3,(H2,17,18,19);1H. The van der Waals surface area contributed by atoms with Gasteiger partial charge in [-0.1, -0.05) is 13.8 Å². The van der Waals surface area contributed by atoms with Gasteiger partial charge in [0.25, 0.3) is 0 Å². The highest BCUT2D eigenvalue weighted by Gasteiger charge is 2.06. The van der Waals surface area contributed by atoms with E-state index in [4.69, 9.17) is 4.74 Å². The van der Waals surface area contributed by atoms with Crippen LogP contribution in [0.2, 0.25) is 0 Å². The molecule has 0 aliphatic heterocycles. The molecule has 0 aliphatic rings. The molecular formula is C16H32IN5OS. The quantitative estimate of drug-likeness (QED) is 0.313. The summed E-state index contributed by atoms with van der Waals surface area (Å²) in [5.41, 5.74) is 1.15. The minimum atomic E-state index is 0. The molecule has 1 heterocycles. The zero-order valence-electron chi connectivity index (χ0n) is 15.5. The van der Waals surface area contributed by atoms with Crippen LogP contribution in [0.25, 0.3) is 0 Å². The summed E-state index contributed by atoms with van der Waals surface area (Å²) in [5, 5.41) is 9.82. The molecule has 0 spiro atoms. The number of aromatic nitrogens is 1. The first kappa shape index (κ1) is 23.5. The van der Waals surface area contributed by atoms with E-state index >= 15 is 0 Å². The van der Waals surface area contributed by atoms with Crippen molar-refractivity contribution in [2.45, 2.75) is 33.2 Å². The Morgan fingerprint density at radius 3 is 2.71 bits per heavy atom. The van der Waals surface area contributed by atoms with Gasteiger partial charge in [-0.25, -0.2) is 9.98 Å². The van der Waals surface area contributed by atoms with Crippen molar-refractivity contribution in [2.75, 3.05) is 46.9 Å². The summed E-state index contributed by atoms with van der Waals surface area (Å²) in [5.74, 6) is 1.31. The lowest BCUT2D eigenvalue weighted by molar-refractivity contribution is 0.162. The third-order valence-corrected chi connectivity index (χ3v) is 4.19. The van der Waals surface area contributed by atoms with Gasteiger partial charge in [-0.2, -0.15) is 0 Å². The molecule has 0 atom stereocenters. The molecule has 0 unspecified atom stereocenters. The number of hydrogen-bond donors (Lipinski definition) is 2. The number of halogens is 1. The number of ether oxygens (including phenoxy) is 1. The number of guanidine groups is 1. The Labute approximate surface area is 167 Å². The average molecular weight is 469 g/mol. The summed E-state index contributed by atoms with van der Waals surface area (Å²) in [6.07, 6.45) is 0. The lowest BCUT2D eigenvalue weighted by atomic mass is 10.2. The topological polar surface area (TPSA) is 61.8 Å². The van der Waals surface area contributed by atoms with E-state index in [1.807, 2.05) is 0 Å². The lowest BCUT2D eigenvalue weighted by Gasteiger charge is -2.17. The van der Waals surface area contributed by atoms with E-state index in [0.717, 1.165) is 49.4 Å². The molecule has 0 saturated carbocycles. The fourth-order valence-electron chi connectivity index (χ4n) is 1.88. The van der Waals surface area contributed by atoms with Gasteiger partial charge in [0.15, 0.2) is 5.96 Å². The van der Waals surface area contributed by atoms with Crippen LogP contribution in [-0.4, -0.2) is 62.8 Å². The van der Waals surface area contributed by atoms with E-state index in [1.165, 1.54) is 0 Å². The van der Waals surface area contributed by atoms with Gasteiger partial charge < -0.3 is 20.3 Å². The van der Waals surface area contributed by atoms with Gasteiger partial charge in [0.2, 0.25) is 0 Å². The molecule has 0 saturated heterocycles. The second kappa shape index (κ2) is 13.8. The van der Waals surface area contributed by atoms with Crippen LogP contribution in [0.15, 0.2) is 10.4 Å². The molecule has 1 rings (SSSR count). The molecule has 1 aromatic heterocycles. The Morgan fingerprint density at radius 1 is 1.38 bits per heavy atom. The first-order chi connectivity index (χ1) is 11.1. The third-order valence-electron chi connectivity index (χ3n) is 3.34. The number of methoxy groups -OCH3 is 1. The molecular weight excluding hydrogens is 437 g/mol. The van der Waals surface area contributed by atoms with E-state index < -0.39 is 0 Å². The molecule has 6 nitrogen and oxygen atoms in total. The molecule has 0 amide bonds. The smallest absolute Gasteiger partial charge is 0.191 e. The molecule has 0 fully saturated rings. The number of nitrogens with zero attached hydrogens (tertiary/aromatic N) is 3. The molecule has 24 heavy (non-hydrogen) atoms. The Bertz CT molecular complexity index is 467. The highest BCUT2D eigenvalue weighted by molar-refractivity contribution is 14.0. The highest BCUT2D eigenvalue weighted by atomic mass is 127. The number of aliphatic imine (C=N–C) groups is 1. The van der Waals surface area contributed by atoms with Crippen molar-refractivity contribution < 1.29 is 4.74 Å². The molecule has 1 aromatic rings. The summed E-state index contributed by atoms with van der Waals surface area (Å²) in [6, 6.07) is 0. The molecule has 8 heteroatoms. The highest BCUT2D eigenvalue weighted by Crippen LogP contribution is 2.18. The van der Waals surface area contributed by atoms with Crippen LogP contribution >= 0.6 is 35.3 Å². The molecule has 0 aliphatic carbocycles. The second-order valence-electron chi connectivity index (χ2n) is 5.74. The third kappa shape index (κ3) is 9.75. The molecule has 0 aromatic carbocycles. The van der Waals surface area contributed by atoms with E-state index in [1.54, 1.807) is 18.4 Å². The zero-order chi connectivity index (χ0) is 17.1. The van der Waals surface area contributed by atoms with Crippen LogP contribution in [0.3, 0.4) is 0 Å². The fourth-order valence-corrected chi connectivity index (χ4v) is 2.75. The summed E-state index contributed by atoms with van der Waals surface area (Å²) < 4.78 is 5.08. The van der Waals surface area contributed by atoms with Crippen molar-refractivity contribution >= 4 is 41.3 Å². The van der Waals surface area contributed by atoms with E-state index in [-0.39, 0.29) is 24.0 Å². The van der Waals surface area contributed by atoms with Crippen LogP contribution in [0.4, 0.5) is 0 Å². The molecule has 140 valence electrons. The normalized spacial score (nSPS) is 11.7. The summed E-state index contributed by atoms with van der Waals surface area (Å²) in [6.45, 7) is 11.3. The van der Waals surface area contributed by atoms with Gasteiger partial charge in [0, 0.05) is 38.7 Å². The van der Waals surface area contributed by atoms with Crippen molar-refractivity contribution in [1.82, 2.24) is 20.5 Å². The summed E-state index contributed by atoms with van der Waals surface area (Å²) in [7, 11) is 3.82. The van der Waals surface area contributed by atoms with Crippen LogP contribution in [-0.2, 0) is 11.3 Å². The Balaban J connectivity index is 0.00000529. The summed E-state index contributed by atoms with van der Waals surface area (Å²) >= 11 is 1.68. The number of likely N-dealkylation sites (N-methyl/N-ethyl adjacent to an activating group) is 1. The number of rotatable bonds is 10. The van der Waals surface area contributed by atoms with Crippen molar-refractivity contribution in [3.8, 4) is 0 Å². The predicted molar refractivity (Wildman–Crippen MR) is 114 cm³/mol. The van der Waals surface area contributed by atoms with Crippen LogP contribution in [0.5, 0.6) is 0 Å². The van der Waals surface area contributed by atoms with Gasteiger partial charge in [0.05, 0.1) is 18.8 Å². The Kier molecular flexibility index (Phi) is 13.5. The van der Waals surface area contributed by atoms with Gasteiger partial charge in [0.1, 0.15) is 5.01 Å². The monoisotopic (exact) mass is 469 g/mol. The number of nitrogens with one attached hydrogen (secondary N) is 2. The largest absolute Gasteiger partial charge is 0.383 e. The van der Waals surface area contributed by atoms with Crippen LogP contribution in [0, 0.1) is 0 Å². The first-order valence-corrected chi connectivity index (χ1v) is 9.08. The van der Waals surface area contributed by atoms with E-state index in [2.05, 4.69) is 58.7 Å². The fraction of sp³-hybridized carbons (Fsp3) is 0.750. The molecule has 2 N–H and O–H groups in total. The van der Waals surface area contributed by atoms with E-state index in [0.29, 0.717) is 12.5 Å². The van der Waals surface area contributed by atoms with Crippen molar-refractivity contribution in [3.63, 3.8) is 0 Å². The maximum Gasteiger partial charge on any atom is 0.191 e. The van der Waals surface area contributed by atoms with Crippen LogP contribution < -0.4 is 10.6 Å². The van der Waals surface area contributed by atoms with Crippen molar-refractivity contribution in [1.29, 1.82) is 0 Å². The number of thiazole rings is 1. The van der Waals surface area contributed by atoms with Crippen molar-refractivity contribution in [2.24, 2.45) is 4.99 Å². The van der Waals surface area contributed by atoms with Gasteiger partial charge in [-0.05, 0) is 19.9 Å². The lowest BCUT2D eigenvalue weighted by Crippen LogP contribution is -2.41. The van der Waals surface area contributed by atoms with E-state index in [9.17, 15) is 0 Å². The molecule has 0 bridgehead atoms. The number of hydrogen-bond acceptors (Lipinski definition) is 5. The van der Waals surface area contributed by atoms with Crippen LogP contribution in [0.1, 0.15) is 37.4 Å². The maximum absolute atomic E-state index is 5.08. The molecule has 0 radical (unpaired) electrons. The van der Waals surface area contributed by atoms with Crippen molar-refractivity contribution in [3.05, 3.63) is 16.1 Å². The minimum absolute atomic E-state index is 0. The SMILES string of the molecule is CCNC(=NCc1nc(C(C)C)cs1)NCCN(C)CCOC.I. The summed E-state index contributed by atoms with van der Waals surface area (Å²) in [4.78, 5) is 11.5. The van der Waals surface area contributed by atoms with Gasteiger partial charge in [-0.15, -0.1) is 35.3 Å². The average Bonchev–Trinajstić information content (AvgIpc) is 2.99. The minimum Gasteiger partial charge on any atom is -0.383 e. The zero-order valence-corrected chi connectivity index (χ0v) is 18.6. The first-order valence-electron chi connectivity index (χ1n) is 8.20. The second-order valence-corrected chi connectivity index (χ2v) is 6.68. The Hall–Kier alpha value is -0.450. The maximum atomic E-state index is 5.08. The Morgan fingerprint density at radius 2 is 2.12 bits per heavy atom. The van der Waals surface area contributed by atoms with Gasteiger partial charge in [-0.3, -0.25) is 0 Å². The predicted octanol–water partition coefficient (Wildman–Crippen LogP) is 2.52.